The Bertz CT molecular complexity index is 661. The molecule has 4 nitrogen and oxygen atoms in total. The molecule has 1 amide bonds. The molecule has 0 aliphatic carbocycles. The normalized spacial score (nSPS) is 11.3. The van der Waals surface area contributed by atoms with Crippen molar-refractivity contribution in [1.82, 2.24) is 9.88 Å². The van der Waals surface area contributed by atoms with E-state index in [9.17, 15) is 4.79 Å². The summed E-state index contributed by atoms with van der Waals surface area (Å²) in [5.74, 6) is 0.415. The summed E-state index contributed by atoms with van der Waals surface area (Å²) in [6.07, 6.45) is 0. The van der Waals surface area contributed by atoms with Crippen LogP contribution in [0.4, 0.5) is 5.69 Å². The summed E-state index contributed by atoms with van der Waals surface area (Å²) in [6, 6.07) is 2.00. The highest BCUT2D eigenvalue weighted by atomic mass is 32.1. The number of nitrogen functional groups attached to an aromatic ring is 1. The highest BCUT2D eigenvalue weighted by Crippen LogP contribution is 2.35. The van der Waals surface area contributed by atoms with Gasteiger partial charge >= 0.3 is 0 Å². The van der Waals surface area contributed by atoms with Gasteiger partial charge in [0.15, 0.2) is 0 Å². The highest BCUT2D eigenvalue weighted by molar-refractivity contribution is 7.21. The maximum Gasteiger partial charge on any atom is 0.265 e. The molecule has 108 valence electrons. The minimum absolute atomic E-state index is 0.0174. The van der Waals surface area contributed by atoms with Crippen molar-refractivity contribution in [3.8, 4) is 0 Å². The van der Waals surface area contributed by atoms with E-state index in [4.69, 9.17) is 5.73 Å². The summed E-state index contributed by atoms with van der Waals surface area (Å²) in [5, 5.41) is 0.918. The van der Waals surface area contributed by atoms with Crippen molar-refractivity contribution in [2.45, 2.75) is 27.7 Å². The Balaban J connectivity index is 2.48. The number of nitrogens with zero attached hydrogens (tertiary/aromatic N) is 2. The molecule has 2 aromatic rings. The van der Waals surface area contributed by atoms with Crippen molar-refractivity contribution in [3.63, 3.8) is 0 Å². The largest absolute Gasteiger partial charge is 0.397 e. The molecule has 0 bridgehead atoms. The molecular weight excluding hydrogens is 270 g/mol. The molecule has 0 aliphatic rings. The van der Waals surface area contributed by atoms with Crippen molar-refractivity contribution >= 4 is 33.1 Å². The van der Waals surface area contributed by atoms with Gasteiger partial charge < -0.3 is 10.6 Å². The van der Waals surface area contributed by atoms with Crippen molar-refractivity contribution in [1.29, 1.82) is 0 Å². The third-order valence-corrected chi connectivity index (χ3v) is 4.29. The van der Waals surface area contributed by atoms with Crippen molar-refractivity contribution < 1.29 is 4.79 Å². The number of thiophene rings is 1. The first-order valence-electron chi connectivity index (χ1n) is 6.73. The van der Waals surface area contributed by atoms with Gasteiger partial charge in [-0.1, -0.05) is 13.8 Å². The second-order valence-electron chi connectivity index (χ2n) is 5.69. The molecule has 2 rings (SSSR count). The summed E-state index contributed by atoms with van der Waals surface area (Å²) in [7, 11) is 1.82. The van der Waals surface area contributed by atoms with Crippen LogP contribution in [0, 0.1) is 19.8 Å². The van der Waals surface area contributed by atoms with Gasteiger partial charge in [-0.15, -0.1) is 11.3 Å². The summed E-state index contributed by atoms with van der Waals surface area (Å²) < 4.78 is 0. The monoisotopic (exact) mass is 291 g/mol. The van der Waals surface area contributed by atoms with E-state index in [1.54, 1.807) is 4.90 Å². The molecule has 2 aromatic heterocycles. The number of pyridine rings is 1. The lowest BCUT2D eigenvalue weighted by molar-refractivity contribution is 0.0785. The van der Waals surface area contributed by atoms with Crippen LogP contribution in [0.25, 0.3) is 10.2 Å². The number of anilines is 1. The Labute approximate surface area is 123 Å². The van der Waals surface area contributed by atoms with E-state index in [-0.39, 0.29) is 5.91 Å². The zero-order valence-electron chi connectivity index (χ0n) is 12.7. The molecule has 20 heavy (non-hydrogen) atoms. The third-order valence-electron chi connectivity index (χ3n) is 3.20. The van der Waals surface area contributed by atoms with Gasteiger partial charge in [0.25, 0.3) is 5.91 Å². The quantitative estimate of drug-likeness (QED) is 0.944. The van der Waals surface area contributed by atoms with E-state index in [1.165, 1.54) is 11.3 Å². The number of hydrogen-bond donors (Lipinski definition) is 1. The Kier molecular flexibility index (Phi) is 3.99. The van der Waals surface area contributed by atoms with Crippen LogP contribution in [0.3, 0.4) is 0 Å². The zero-order chi connectivity index (χ0) is 15.0. The molecule has 0 spiro atoms. The maximum atomic E-state index is 12.5. The number of rotatable bonds is 3. The first kappa shape index (κ1) is 14.8. The first-order valence-corrected chi connectivity index (χ1v) is 7.54. The molecule has 0 saturated carbocycles. The molecule has 0 unspecified atom stereocenters. The van der Waals surface area contributed by atoms with Crippen LogP contribution in [0.5, 0.6) is 0 Å². The molecule has 2 N–H and O–H groups in total. The number of amides is 1. The van der Waals surface area contributed by atoms with Crippen LogP contribution in [0.1, 0.15) is 34.8 Å². The van der Waals surface area contributed by atoms with E-state index in [2.05, 4.69) is 18.8 Å². The number of fused-ring (bicyclic) bond motifs is 1. The average Bonchev–Trinajstić information content (AvgIpc) is 2.64. The van der Waals surface area contributed by atoms with Gasteiger partial charge in [0, 0.05) is 24.7 Å². The first-order chi connectivity index (χ1) is 9.31. The molecular formula is C15H21N3OS. The average molecular weight is 291 g/mol. The standard InChI is InChI=1S/C15H21N3OS/c1-8(2)7-18(5)15(19)13-12(16)11-9(3)6-10(4)17-14(11)20-13/h6,8H,7,16H2,1-5H3. The summed E-state index contributed by atoms with van der Waals surface area (Å²) in [6.45, 7) is 8.86. The maximum absolute atomic E-state index is 12.5. The van der Waals surface area contributed by atoms with E-state index in [0.29, 0.717) is 16.5 Å². The number of aromatic nitrogens is 1. The Hall–Kier alpha value is -1.62. The van der Waals surface area contributed by atoms with Crippen LogP contribution in [-0.2, 0) is 0 Å². The van der Waals surface area contributed by atoms with Crippen LogP contribution in [0.15, 0.2) is 6.07 Å². The molecule has 0 aliphatic heterocycles. The molecule has 2 heterocycles. The predicted octanol–water partition coefficient (Wildman–Crippen LogP) is 3.22. The summed E-state index contributed by atoms with van der Waals surface area (Å²) in [5.41, 5.74) is 8.77. The van der Waals surface area contributed by atoms with Crippen LogP contribution in [0.2, 0.25) is 0 Å². The van der Waals surface area contributed by atoms with Gasteiger partial charge in [-0.3, -0.25) is 4.79 Å². The molecule has 5 heteroatoms. The minimum atomic E-state index is -0.0174. The lowest BCUT2D eigenvalue weighted by Crippen LogP contribution is -2.30. The fourth-order valence-corrected chi connectivity index (χ4v) is 3.64. The predicted molar refractivity (Wildman–Crippen MR) is 85.3 cm³/mol. The van der Waals surface area contributed by atoms with Gasteiger partial charge in [0.2, 0.25) is 0 Å². The van der Waals surface area contributed by atoms with Crippen LogP contribution < -0.4 is 5.73 Å². The second-order valence-corrected chi connectivity index (χ2v) is 6.68. The molecule has 0 saturated heterocycles. The Morgan fingerprint density at radius 1 is 1.45 bits per heavy atom. The second kappa shape index (κ2) is 5.40. The number of carbonyl (C=O) groups excluding carboxylic acids is 1. The lowest BCUT2D eigenvalue weighted by atomic mass is 10.1. The Morgan fingerprint density at radius 2 is 2.10 bits per heavy atom. The van der Waals surface area contributed by atoms with Crippen molar-refractivity contribution in [3.05, 3.63) is 22.2 Å². The van der Waals surface area contributed by atoms with Crippen LogP contribution in [-0.4, -0.2) is 29.4 Å². The van der Waals surface area contributed by atoms with Crippen molar-refractivity contribution in [2.75, 3.05) is 19.3 Å². The van der Waals surface area contributed by atoms with E-state index in [0.717, 1.165) is 28.0 Å². The fourth-order valence-electron chi connectivity index (χ4n) is 2.43. The highest BCUT2D eigenvalue weighted by Gasteiger charge is 2.21. The topological polar surface area (TPSA) is 59.2 Å². The third kappa shape index (κ3) is 2.63. The van der Waals surface area contributed by atoms with Crippen molar-refractivity contribution in [2.24, 2.45) is 5.92 Å². The minimum Gasteiger partial charge on any atom is -0.397 e. The summed E-state index contributed by atoms with van der Waals surface area (Å²) >= 11 is 1.39. The van der Waals surface area contributed by atoms with Gasteiger partial charge in [0.1, 0.15) is 9.71 Å². The number of aryl methyl sites for hydroxylation is 2. The molecule has 0 aromatic carbocycles. The molecule has 0 fully saturated rings. The zero-order valence-corrected chi connectivity index (χ0v) is 13.5. The Morgan fingerprint density at radius 3 is 2.70 bits per heavy atom. The van der Waals surface area contributed by atoms with E-state index >= 15 is 0 Å². The SMILES string of the molecule is Cc1cc(C)c2c(N)c(C(=O)N(C)CC(C)C)sc2n1. The van der Waals surface area contributed by atoms with Crippen LogP contribution >= 0.6 is 11.3 Å². The molecule has 0 atom stereocenters. The van der Waals surface area contributed by atoms with E-state index < -0.39 is 0 Å². The number of nitrogens with two attached hydrogens (primary N) is 1. The number of carbonyl (C=O) groups is 1. The van der Waals surface area contributed by atoms with Gasteiger partial charge in [-0.2, -0.15) is 0 Å². The lowest BCUT2D eigenvalue weighted by Gasteiger charge is -2.18. The van der Waals surface area contributed by atoms with Gasteiger partial charge in [-0.25, -0.2) is 4.98 Å². The van der Waals surface area contributed by atoms with E-state index in [1.807, 2.05) is 27.0 Å². The smallest absolute Gasteiger partial charge is 0.265 e. The van der Waals surface area contributed by atoms with Gasteiger partial charge in [0.05, 0.1) is 5.69 Å². The summed E-state index contributed by atoms with van der Waals surface area (Å²) in [4.78, 5) is 20.2. The number of hydrogen-bond acceptors (Lipinski definition) is 4. The molecule has 0 radical (unpaired) electrons. The fraction of sp³-hybridized carbons (Fsp3) is 0.467. The van der Waals surface area contributed by atoms with Gasteiger partial charge in [-0.05, 0) is 31.4 Å².